The van der Waals surface area contributed by atoms with Crippen molar-refractivity contribution < 1.29 is 14.3 Å². The zero-order valence-electron chi connectivity index (χ0n) is 14.3. The lowest BCUT2D eigenvalue weighted by Gasteiger charge is -2.25. The van der Waals surface area contributed by atoms with Crippen molar-refractivity contribution in [3.05, 3.63) is 35.4 Å². The molecule has 2 unspecified atom stereocenters. The van der Waals surface area contributed by atoms with Crippen LogP contribution in [0.3, 0.4) is 0 Å². The maximum Gasteiger partial charge on any atom is 0.254 e. The van der Waals surface area contributed by atoms with Crippen LogP contribution in [0.15, 0.2) is 24.3 Å². The Hall–Kier alpha value is -1.88. The van der Waals surface area contributed by atoms with Crippen LogP contribution in [0.4, 0.5) is 0 Å². The smallest absolute Gasteiger partial charge is 0.254 e. The summed E-state index contributed by atoms with van der Waals surface area (Å²) in [5.41, 5.74) is 6.80. The predicted molar refractivity (Wildman–Crippen MR) is 89.1 cm³/mol. The second-order valence-electron chi connectivity index (χ2n) is 6.97. The van der Waals surface area contributed by atoms with Gasteiger partial charge in [0, 0.05) is 18.5 Å². The number of aryl methyl sites for hydroxylation is 1. The van der Waals surface area contributed by atoms with Gasteiger partial charge < -0.3 is 15.4 Å². The fraction of sp³-hybridized carbons (Fsp3) is 0.556. The summed E-state index contributed by atoms with van der Waals surface area (Å²) < 4.78 is 5.95. The van der Waals surface area contributed by atoms with Gasteiger partial charge in [-0.2, -0.15) is 0 Å². The normalized spacial score (nSPS) is 21.5. The van der Waals surface area contributed by atoms with Gasteiger partial charge in [0.1, 0.15) is 6.04 Å². The van der Waals surface area contributed by atoms with Crippen molar-refractivity contribution >= 4 is 11.8 Å². The summed E-state index contributed by atoms with van der Waals surface area (Å²) >= 11 is 0. The molecule has 0 saturated carbocycles. The van der Waals surface area contributed by atoms with Crippen molar-refractivity contribution in [2.24, 2.45) is 5.73 Å². The third-order valence-electron chi connectivity index (χ3n) is 4.00. The molecule has 1 heterocycles. The first kappa shape index (κ1) is 17.5. The van der Waals surface area contributed by atoms with Crippen molar-refractivity contribution in [3.8, 4) is 0 Å². The van der Waals surface area contributed by atoms with Gasteiger partial charge in [0.2, 0.25) is 5.91 Å². The summed E-state index contributed by atoms with van der Waals surface area (Å²) in [7, 11) is 0. The van der Waals surface area contributed by atoms with E-state index in [1.165, 1.54) is 0 Å². The highest BCUT2D eigenvalue weighted by Crippen LogP contribution is 2.26. The lowest BCUT2D eigenvalue weighted by atomic mass is 10.0. The molecule has 23 heavy (non-hydrogen) atoms. The van der Waals surface area contributed by atoms with Crippen molar-refractivity contribution in [1.29, 1.82) is 0 Å². The van der Waals surface area contributed by atoms with E-state index in [0.29, 0.717) is 18.5 Å². The van der Waals surface area contributed by atoms with Gasteiger partial charge in [-0.15, -0.1) is 0 Å². The van der Waals surface area contributed by atoms with E-state index in [1.807, 2.05) is 45.9 Å². The number of benzene rings is 1. The maximum absolute atomic E-state index is 12.9. The van der Waals surface area contributed by atoms with Gasteiger partial charge in [-0.05, 0) is 38.8 Å². The summed E-state index contributed by atoms with van der Waals surface area (Å²) in [4.78, 5) is 26.3. The number of primary amides is 1. The van der Waals surface area contributed by atoms with Crippen LogP contribution in [0.5, 0.6) is 0 Å². The molecule has 2 N–H and O–H groups in total. The molecule has 1 aromatic carbocycles. The average Bonchev–Trinajstić information content (AvgIpc) is 2.88. The van der Waals surface area contributed by atoms with Crippen molar-refractivity contribution in [3.63, 3.8) is 0 Å². The van der Waals surface area contributed by atoms with E-state index < -0.39 is 11.9 Å². The van der Waals surface area contributed by atoms with Crippen molar-refractivity contribution in [2.45, 2.75) is 58.3 Å². The largest absolute Gasteiger partial charge is 0.371 e. The number of amides is 2. The molecule has 1 fully saturated rings. The van der Waals surface area contributed by atoms with E-state index in [-0.39, 0.29) is 17.6 Å². The van der Waals surface area contributed by atoms with Crippen LogP contribution in [0.25, 0.3) is 0 Å². The number of hydrogen-bond acceptors (Lipinski definition) is 3. The SMILES string of the molecule is CCc1ccccc1C(=O)N1CC(OC(C)(C)C)CC1C(N)=O. The topological polar surface area (TPSA) is 72.6 Å². The van der Waals surface area contributed by atoms with Gasteiger partial charge >= 0.3 is 0 Å². The molecule has 1 saturated heterocycles. The van der Waals surface area contributed by atoms with Crippen LogP contribution in [0, 0.1) is 0 Å². The molecular formula is C18H26N2O3. The predicted octanol–water partition coefficient (Wildman–Crippen LogP) is 2.13. The second kappa shape index (κ2) is 6.71. The molecule has 5 heteroatoms. The molecule has 1 aliphatic heterocycles. The third-order valence-corrected chi connectivity index (χ3v) is 4.00. The number of ether oxygens (including phenoxy) is 1. The van der Waals surface area contributed by atoms with Gasteiger partial charge in [0.15, 0.2) is 0 Å². The van der Waals surface area contributed by atoms with Gasteiger partial charge in [-0.1, -0.05) is 25.1 Å². The molecule has 1 aromatic rings. The number of carbonyl (C=O) groups is 2. The first-order valence-electron chi connectivity index (χ1n) is 8.09. The summed E-state index contributed by atoms with van der Waals surface area (Å²) in [6.45, 7) is 8.28. The summed E-state index contributed by atoms with van der Waals surface area (Å²) in [6, 6.07) is 6.88. The number of hydrogen-bond donors (Lipinski definition) is 1. The highest BCUT2D eigenvalue weighted by molar-refractivity contribution is 5.99. The number of rotatable bonds is 4. The molecule has 1 aliphatic rings. The second-order valence-corrected chi connectivity index (χ2v) is 6.97. The molecule has 2 amide bonds. The Morgan fingerprint density at radius 1 is 1.30 bits per heavy atom. The summed E-state index contributed by atoms with van der Waals surface area (Å²) in [6.07, 6.45) is 1.04. The molecule has 0 bridgehead atoms. The zero-order chi connectivity index (χ0) is 17.2. The standard InChI is InChI=1S/C18H26N2O3/c1-5-12-8-6-7-9-14(12)17(22)20-11-13(23-18(2,3)4)10-15(20)16(19)21/h6-9,13,15H,5,10-11H2,1-4H3,(H2,19,21). The number of nitrogens with zero attached hydrogens (tertiary/aromatic N) is 1. The number of likely N-dealkylation sites (tertiary alicyclic amines) is 1. The minimum absolute atomic E-state index is 0.147. The van der Waals surface area contributed by atoms with E-state index in [1.54, 1.807) is 11.0 Å². The van der Waals surface area contributed by atoms with Crippen LogP contribution in [0.2, 0.25) is 0 Å². The van der Waals surface area contributed by atoms with Gasteiger partial charge in [0.25, 0.3) is 5.91 Å². The fourth-order valence-corrected chi connectivity index (χ4v) is 3.07. The summed E-state index contributed by atoms with van der Waals surface area (Å²) in [5.74, 6) is -0.626. The Bertz CT molecular complexity index is 592. The van der Waals surface area contributed by atoms with Crippen LogP contribution in [-0.4, -0.2) is 41.0 Å². The highest BCUT2D eigenvalue weighted by Gasteiger charge is 2.41. The van der Waals surface area contributed by atoms with Crippen LogP contribution < -0.4 is 5.73 Å². The average molecular weight is 318 g/mol. The molecule has 0 radical (unpaired) electrons. The minimum atomic E-state index is -0.611. The quantitative estimate of drug-likeness (QED) is 0.924. The Balaban J connectivity index is 2.25. The molecule has 5 nitrogen and oxygen atoms in total. The van der Waals surface area contributed by atoms with E-state index in [4.69, 9.17) is 10.5 Å². The Morgan fingerprint density at radius 3 is 2.52 bits per heavy atom. The first-order chi connectivity index (χ1) is 10.7. The number of carbonyl (C=O) groups excluding carboxylic acids is 2. The Kier molecular flexibility index (Phi) is 5.09. The monoisotopic (exact) mass is 318 g/mol. The van der Waals surface area contributed by atoms with Gasteiger partial charge in [0.05, 0.1) is 11.7 Å². The minimum Gasteiger partial charge on any atom is -0.371 e. The highest BCUT2D eigenvalue weighted by atomic mass is 16.5. The lowest BCUT2D eigenvalue weighted by Crippen LogP contribution is -2.44. The molecule has 0 spiro atoms. The molecule has 2 atom stereocenters. The molecule has 2 rings (SSSR count). The number of nitrogens with two attached hydrogens (primary N) is 1. The Labute approximate surface area is 137 Å². The van der Waals surface area contributed by atoms with Gasteiger partial charge in [-0.25, -0.2) is 0 Å². The Morgan fingerprint density at radius 2 is 1.96 bits per heavy atom. The molecule has 0 aromatic heterocycles. The van der Waals surface area contributed by atoms with Crippen LogP contribution in [-0.2, 0) is 16.0 Å². The maximum atomic E-state index is 12.9. The molecule has 0 aliphatic carbocycles. The van der Waals surface area contributed by atoms with E-state index >= 15 is 0 Å². The lowest BCUT2D eigenvalue weighted by molar-refractivity contribution is -0.121. The third kappa shape index (κ3) is 4.10. The first-order valence-corrected chi connectivity index (χ1v) is 8.09. The summed E-state index contributed by atoms with van der Waals surface area (Å²) in [5, 5.41) is 0. The van der Waals surface area contributed by atoms with Gasteiger partial charge in [-0.3, -0.25) is 9.59 Å². The van der Waals surface area contributed by atoms with E-state index in [2.05, 4.69) is 0 Å². The van der Waals surface area contributed by atoms with E-state index in [9.17, 15) is 9.59 Å². The molecule has 126 valence electrons. The molecular weight excluding hydrogens is 292 g/mol. The van der Waals surface area contributed by atoms with Crippen LogP contribution in [0.1, 0.15) is 50.0 Å². The zero-order valence-corrected chi connectivity index (χ0v) is 14.3. The van der Waals surface area contributed by atoms with Crippen LogP contribution >= 0.6 is 0 Å². The van der Waals surface area contributed by atoms with E-state index in [0.717, 1.165) is 12.0 Å². The fourth-order valence-electron chi connectivity index (χ4n) is 3.07. The van der Waals surface area contributed by atoms with Crippen molar-refractivity contribution in [2.75, 3.05) is 6.54 Å². The van der Waals surface area contributed by atoms with Crippen molar-refractivity contribution in [1.82, 2.24) is 4.90 Å².